The van der Waals surface area contributed by atoms with Crippen LogP contribution in [0, 0.1) is 17.0 Å². The monoisotopic (exact) mass is 1250 g/mol. The number of carbonyl (C=O) groups excluding carboxylic acids is 9. The summed E-state index contributed by atoms with van der Waals surface area (Å²) in [5, 5.41) is 50.2. The molecule has 0 radical (unpaired) electrons. The fourth-order valence-corrected chi connectivity index (χ4v) is 8.62. The number of hydrogen-bond donors (Lipinski definition) is 13. The lowest BCUT2D eigenvalue weighted by atomic mass is 9.82. The molecule has 32 heteroatoms. The van der Waals surface area contributed by atoms with E-state index in [4.69, 9.17) is 32.2 Å². The van der Waals surface area contributed by atoms with Gasteiger partial charge in [0.1, 0.15) is 48.5 Å². The van der Waals surface area contributed by atoms with Crippen molar-refractivity contribution in [2.45, 2.75) is 147 Å². The van der Waals surface area contributed by atoms with Gasteiger partial charge in [0, 0.05) is 55.5 Å². The molecule has 3 rings (SSSR count). The van der Waals surface area contributed by atoms with E-state index in [1.54, 1.807) is 55.8 Å². The molecule has 0 fully saturated rings. The van der Waals surface area contributed by atoms with Crippen molar-refractivity contribution >= 4 is 70.9 Å². The SMILES string of the molecule is CC(=O)[C@](N)(CCCCN)C(=O)N[C@@H](C)C(=O)N[C@H](C)C(=O)N[C@@H](CC(N)=O)C(=O)N[C@@H](CCN(C(=O)CO)[C@@H](c1cc(-c2cc(F)ccc2F)cn1Cc1ccccc1)C(C)(C)C)C(=O)NCCC(=O)N[C@H](CCC(=O)O)C(=O)O.O=C(O)C(F)(F)F. The zero-order valence-electron chi connectivity index (χ0n) is 49.1. The number of nitrogens with one attached hydrogen (secondary N) is 6. The van der Waals surface area contributed by atoms with E-state index >= 15 is 4.39 Å². The van der Waals surface area contributed by atoms with E-state index in [0.29, 0.717) is 18.5 Å². The molecule has 8 amide bonds. The predicted octanol–water partition coefficient (Wildman–Crippen LogP) is 0.623. The summed E-state index contributed by atoms with van der Waals surface area (Å²) in [7, 11) is 0. The third-order valence-corrected chi connectivity index (χ3v) is 13.3. The van der Waals surface area contributed by atoms with Gasteiger partial charge in [-0.15, -0.1) is 0 Å². The minimum Gasteiger partial charge on any atom is -0.481 e. The second-order valence-electron chi connectivity index (χ2n) is 21.4. The lowest BCUT2D eigenvalue weighted by molar-refractivity contribution is -0.192. The number of carbonyl (C=O) groups is 12. The molecule has 16 N–H and O–H groups in total. The van der Waals surface area contributed by atoms with Crippen molar-refractivity contribution in [2.24, 2.45) is 22.6 Å². The maximum atomic E-state index is 15.4. The number of carboxylic acid groups (broad SMARTS) is 3. The molecule has 27 nitrogen and oxygen atoms in total. The third-order valence-electron chi connectivity index (χ3n) is 13.3. The molecule has 0 bridgehead atoms. The van der Waals surface area contributed by atoms with Crippen LogP contribution in [0.1, 0.15) is 110 Å². The van der Waals surface area contributed by atoms with Gasteiger partial charge in [0.15, 0.2) is 11.3 Å². The van der Waals surface area contributed by atoms with Gasteiger partial charge in [0.2, 0.25) is 47.3 Å². The molecular weight excluding hydrogens is 1180 g/mol. The standard InChI is InChI=1S/C54H75F2N11O14.C2HF3O2/c1-30(61-47(75)31(2)62-52(81)54(59,32(3)69)20-10-11-21-57)48(76)65-40(26-42(58)70)50(78)64-38(49(77)60-22-18-43(71)63-39(51(79)80)16-17-45(73)74)19-23-67(44(72)29-68)46(53(4,5)6)41-24-34(36-25-35(55)14-15-37(36)56)28-66(41)27-33-12-8-7-9-13-33;3-2(4,5)1(6)7/h7-9,12-15,24-25,28,30-31,38-40,46,68H,10-11,16-23,26-27,29,57,59H2,1-6H3,(H2,58,70)(H,60,77)(H,61,75)(H,62,81)(H,63,71)(H,64,78)(H,65,76)(H,73,74)(H,79,80);(H,6,7)/t30-,31+,38+,39-,40+,46+,54-;/m1./s1. The first-order valence-electron chi connectivity index (χ1n) is 27.3. The minimum atomic E-state index is -5.08. The fourth-order valence-electron chi connectivity index (χ4n) is 8.62. The number of hydrogen-bond acceptors (Lipinski definition) is 15. The highest BCUT2D eigenvalue weighted by Crippen LogP contribution is 2.41. The van der Waals surface area contributed by atoms with Crippen LogP contribution in [0.4, 0.5) is 22.0 Å². The summed E-state index contributed by atoms with van der Waals surface area (Å²) in [6.07, 6.45) is -5.80. The Bertz CT molecular complexity index is 2980. The second kappa shape index (κ2) is 34.4. The molecule has 0 saturated heterocycles. The largest absolute Gasteiger partial charge is 0.490 e. The maximum absolute atomic E-state index is 15.4. The van der Waals surface area contributed by atoms with Crippen LogP contribution in [-0.2, 0) is 64.1 Å². The minimum absolute atomic E-state index is 0.0717. The molecular formula is C56H76F5N11O16. The van der Waals surface area contributed by atoms with Crippen molar-refractivity contribution < 1.29 is 99.9 Å². The van der Waals surface area contributed by atoms with E-state index in [0.717, 1.165) is 30.7 Å². The lowest BCUT2D eigenvalue weighted by Crippen LogP contribution is -2.62. The Balaban J connectivity index is 0.00000354. The number of aliphatic carboxylic acids is 3. The van der Waals surface area contributed by atoms with Crippen LogP contribution in [0.3, 0.4) is 0 Å². The topological polar surface area (TPSA) is 444 Å². The highest BCUT2D eigenvalue weighted by atomic mass is 19.4. The molecule has 7 atom stereocenters. The Morgan fingerprint density at radius 1 is 0.727 bits per heavy atom. The highest BCUT2D eigenvalue weighted by molar-refractivity contribution is 6.10. The predicted molar refractivity (Wildman–Crippen MR) is 302 cm³/mol. The zero-order valence-corrected chi connectivity index (χ0v) is 49.1. The Kier molecular flexibility index (Phi) is 29.4. The van der Waals surface area contributed by atoms with Crippen LogP contribution in [-0.4, -0.2) is 169 Å². The average molecular weight is 1250 g/mol. The summed E-state index contributed by atoms with van der Waals surface area (Å²) < 4.78 is 63.5. The first-order chi connectivity index (χ1) is 40.9. The van der Waals surface area contributed by atoms with E-state index in [1.165, 1.54) is 18.7 Å². The number of nitrogens with two attached hydrogens (primary N) is 3. The van der Waals surface area contributed by atoms with Gasteiger partial charge in [0.25, 0.3) is 0 Å². The second-order valence-corrected chi connectivity index (χ2v) is 21.4. The van der Waals surface area contributed by atoms with Crippen LogP contribution < -0.4 is 49.1 Å². The van der Waals surface area contributed by atoms with Crippen LogP contribution in [0.5, 0.6) is 0 Å². The summed E-state index contributed by atoms with van der Waals surface area (Å²) >= 11 is 0. The van der Waals surface area contributed by atoms with Gasteiger partial charge in [-0.25, -0.2) is 18.4 Å². The number of ketones is 1. The summed E-state index contributed by atoms with van der Waals surface area (Å²) in [6.45, 7) is 7.22. The third kappa shape index (κ3) is 24.1. The number of Topliss-reactive ketones (excluding diaryl/α,β-unsaturated/α-hetero) is 1. The Labute approximate surface area is 502 Å². The molecule has 0 aliphatic heterocycles. The van der Waals surface area contributed by atoms with E-state index < -0.39 is 188 Å². The van der Waals surface area contributed by atoms with Gasteiger partial charge < -0.3 is 79.0 Å². The molecule has 486 valence electrons. The van der Waals surface area contributed by atoms with Crippen LogP contribution in [0.15, 0.2) is 60.8 Å². The van der Waals surface area contributed by atoms with Gasteiger partial charge in [-0.3, -0.25) is 47.9 Å². The van der Waals surface area contributed by atoms with Crippen molar-refractivity contribution in [3.8, 4) is 11.1 Å². The molecule has 0 saturated carbocycles. The Morgan fingerprint density at radius 3 is 1.85 bits per heavy atom. The van der Waals surface area contributed by atoms with Gasteiger partial charge in [-0.2, -0.15) is 13.2 Å². The molecule has 0 unspecified atom stereocenters. The smallest absolute Gasteiger partial charge is 0.481 e. The summed E-state index contributed by atoms with van der Waals surface area (Å²) in [4.78, 5) is 153. The normalized spacial score (nSPS) is 14.0. The average Bonchev–Trinajstić information content (AvgIpc) is 1.86. The fraction of sp³-hybridized carbons (Fsp3) is 0.500. The van der Waals surface area contributed by atoms with E-state index in [9.17, 15) is 80.5 Å². The zero-order chi connectivity index (χ0) is 67.0. The summed E-state index contributed by atoms with van der Waals surface area (Å²) in [6, 6.07) is 4.42. The van der Waals surface area contributed by atoms with E-state index in [-0.39, 0.29) is 30.6 Å². The van der Waals surface area contributed by atoms with Crippen LogP contribution >= 0.6 is 0 Å². The number of nitrogens with zero attached hydrogens (tertiary/aromatic N) is 2. The number of alkyl halides is 3. The number of aliphatic hydroxyl groups excluding tert-OH is 1. The molecule has 1 aromatic heterocycles. The molecule has 88 heavy (non-hydrogen) atoms. The molecule has 3 aromatic rings. The van der Waals surface area contributed by atoms with Crippen molar-refractivity contribution in [3.63, 3.8) is 0 Å². The highest BCUT2D eigenvalue weighted by Gasteiger charge is 2.42. The van der Waals surface area contributed by atoms with Gasteiger partial charge in [-0.05, 0) is 94.7 Å². The van der Waals surface area contributed by atoms with Crippen LogP contribution in [0.2, 0.25) is 0 Å². The van der Waals surface area contributed by atoms with E-state index in [2.05, 4.69) is 31.9 Å². The van der Waals surface area contributed by atoms with E-state index in [1.807, 2.05) is 12.1 Å². The van der Waals surface area contributed by atoms with Crippen molar-refractivity contribution in [2.75, 3.05) is 26.2 Å². The van der Waals surface area contributed by atoms with Crippen LogP contribution in [0.25, 0.3) is 11.1 Å². The molecule has 0 aliphatic rings. The number of rotatable bonds is 33. The first-order valence-corrected chi connectivity index (χ1v) is 27.3. The number of carboxylic acids is 3. The number of unbranched alkanes of at least 4 members (excludes halogenated alkanes) is 1. The number of amides is 8. The lowest BCUT2D eigenvalue weighted by Gasteiger charge is -2.41. The summed E-state index contributed by atoms with van der Waals surface area (Å²) in [5.74, 6) is -15.9. The maximum Gasteiger partial charge on any atom is 0.490 e. The number of benzene rings is 2. The van der Waals surface area contributed by atoms with Crippen molar-refractivity contribution in [1.29, 1.82) is 0 Å². The van der Waals surface area contributed by atoms with Gasteiger partial charge in [0.05, 0.1) is 12.5 Å². The van der Waals surface area contributed by atoms with Gasteiger partial charge in [-0.1, -0.05) is 51.1 Å². The Morgan fingerprint density at radius 2 is 1.32 bits per heavy atom. The molecule has 2 aromatic carbocycles. The summed E-state index contributed by atoms with van der Waals surface area (Å²) in [5.41, 5.74) is 15.5. The van der Waals surface area contributed by atoms with Crippen molar-refractivity contribution in [1.82, 2.24) is 41.4 Å². The number of primary amides is 1. The van der Waals surface area contributed by atoms with Crippen molar-refractivity contribution in [3.05, 3.63) is 83.7 Å². The Hall–Kier alpha value is -8.91. The quantitative estimate of drug-likeness (QED) is 0.0226. The number of aliphatic hydroxyl groups is 1. The molecule has 0 spiro atoms. The molecule has 1 heterocycles. The first kappa shape index (κ1) is 75.2. The molecule has 0 aliphatic carbocycles. The van der Waals surface area contributed by atoms with Gasteiger partial charge >= 0.3 is 24.1 Å². The number of aromatic nitrogens is 1. The number of halogens is 5.